The van der Waals surface area contributed by atoms with Crippen molar-refractivity contribution in [3.05, 3.63) is 35.5 Å². The number of hydrogen-bond acceptors (Lipinski definition) is 2. The van der Waals surface area contributed by atoms with Crippen LogP contribution in [0.4, 0.5) is 0 Å². The molecule has 5 atom stereocenters. The number of fused-ring (bicyclic) bond motifs is 1. The van der Waals surface area contributed by atoms with Gasteiger partial charge < -0.3 is 10.2 Å². The van der Waals surface area contributed by atoms with Crippen molar-refractivity contribution in [3.63, 3.8) is 0 Å². The zero-order valence-corrected chi connectivity index (χ0v) is 19.4. The maximum atomic E-state index is 10.0. The van der Waals surface area contributed by atoms with E-state index < -0.39 is 0 Å². The van der Waals surface area contributed by atoms with Gasteiger partial charge in [0.2, 0.25) is 0 Å². The predicted octanol–water partition coefficient (Wildman–Crippen LogP) is 6.84. The smallest absolute Gasteiger partial charge is 0.0787 e. The molecule has 0 aromatic heterocycles. The van der Waals surface area contributed by atoms with E-state index in [-0.39, 0.29) is 6.10 Å². The van der Waals surface area contributed by atoms with Crippen LogP contribution in [0.3, 0.4) is 0 Å². The molecular formula is C26H46O2. The van der Waals surface area contributed by atoms with Gasteiger partial charge in [0.1, 0.15) is 0 Å². The Morgan fingerprint density at radius 1 is 1.07 bits per heavy atom. The van der Waals surface area contributed by atoms with Gasteiger partial charge in [-0.2, -0.15) is 0 Å². The van der Waals surface area contributed by atoms with Gasteiger partial charge in [0.25, 0.3) is 0 Å². The van der Waals surface area contributed by atoms with E-state index in [4.69, 9.17) is 0 Å². The van der Waals surface area contributed by atoms with E-state index >= 15 is 0 Å². The zero-order valence-electron chi connectivity index (χ0n) is 19.4. The molecule has 0 aromatic rings. The highest BCUT2D eigenvalue weighted by molar-refractivity contribution is 5.37. The van der Waals surface area contributed by atoms with E-state index in [1.54, 1.807) is 5.57 Å². The summed E-state index contributed by atoms with van der Waals surface area (Å²) in [5.41, 5.74) is 4.12. The van der Waals surface area contributed by atoms with E-state index in [1.807, 2.05) is 27.7 Å². The molecule has 0 saturated heterocycles. The van der Waals surface area contributed by atoms with Gasteiger partial charge in [0, 0.05) is 6.61 Å². The number of rotatable bonds is 3. The summed E-state index contributed by atoms with van der Waals surface area (Å²) in [6.45, 7) is 17.1. The Balaban J connectivity index is 0.000000921. The normalized spacial score (nSPS) is 36.1. The summed E-state index contributed by atoms with van der Waals surface area (Å²) in [4.78, 5) is 0. The average molecular weight is 391 g/mol. The van der Waals surface area contributed by atoms with Gasteiger partial charge in [0.15, 0.2) is 0 Å². The van der Waals surface area contributed by atoms with Gasteiger partial charge in [-0.25, -0.2) is 0 Å². The van der Waals surface area contributed by atoms with Gasteiger partial charge in [-0.1, -0.05) is 65.8 Å². The summed E-state index contributed by atoms with van der Waals surface area (Å²) < 4.78 is 0. The summed E-state index contributed by atoms with van der Waals surface area (Å²) in [5.74, 6) is 1.73. The van der Waals surface area contributed by atoms with Gasteiger partial charge >= 0.3 is 0 Å². The maximum absolute atomic E-state index is 10.0. The first kappa shape index (κ1) is 25.2. The molecule has 28 heavy (non-hydrogen) atoms. The summed E-state index contributed by atoms with van der Waals surface area (Å²) in [6, 6.07) is 0. The highest BCUT2D eigenvalue weighted by Crippen LogP contribution is 2.59. The first-order chi connectivity index (χ1) is 13.5. The molecule has 0 radical (unpaired) electrons. The van der Waals surface area contributed by atoms with Gasteiger partial charge in [-0.05, 0) is 85.7 Å². The molecule has 0 heterocycles. The van der Waals surface area contributed by atoms with Crippen LogP contribution in [-0.4, -0.2) is 22.9 Å². The van der Waals surface area contributed by atoms with Crippen LogP contribution in [0.1, 0.15) is 92.9 Å². The van der Waals surface area contributed by atoms with Crippen molar-refractivity contribution in [1.82, 2.24) is 0 Å². The summed E-state index contributed by atoms with van der Waals surface area (Å²) in [6.07, 6.45) is 13.5. The molecule has 0 aromatic carbocycles. The Kier molecular flexibility index (Phi) is 10.8. The number of hydrogen-bond donors (Lipinski definition) is 2. The predicted molar refractivity (Wildman–Crippen MR) is 122 cm³/mol. The summed E-state index contributed by atoms with van der Waals surface area (Å²) in [5, 5.41) is 19.7. The van der Waals surface area contributed by atoms with E-state index in [1.165, 1.54) is 37.7 Å². The van der Waals surface area contributed by atoms with Gasteiger partial charge in [-0.15, -0.1) is 0 Å². The third kappa shape index (κ3) is 5.39. The topological polar surface area (TPSA) is 40.5 Å². The number of aliphatic hydroxyl groups excluding tert-OH is 2. The first-order valence-corrected chi connectivity index (χ1v) is 11.8. The Morgan fingerprint density at radius 3 is 2.39 bits per heavy atom. The molecule has 2 nitrogen and oxygen atoms in total. The standard InChI is InChI=1S/C22H34O2.2C2H6/c1-15(14-23)19-11-12-20-18(7-5-13-22(19,20)3)10-9-17-6-4-8-21(24)16(17)2;2*1-2/h9-10,15,19-21,23-24H,2,4-8,11-14H2,1,3H3;2*1-2H3/b17-9-,18-10+;;. The van der Waals surface area contributed by atoms with Crippen LogP contribution < -0.4 is 0 Å². The fourth-order valence-corrected chi connectivity index (χ4v) is 5.77. The monoisotopic (exact) mass is 390 g/mol. The third-order valence-corrected chi connectivity index (χ3v) is 7.25. The Morgan fingerprint density at radius 2 is 1.75 bits per heavy atom. The fourth-order valence-electron chi connectivity index (χ4n) is 5.77. The van der Waals surface area contributed by atoms with Crippen LogP contribution in [0.5, 0.6) is 0 Å². The molecule has 0 bridgehead atoms. The lowest BCUT2D eigenvalue weighted by molar-refractivity contribution is 0.0690. The number of aliphatic hydroxyl groups is 2. The van der Waals surface area contributed by atoms with Gasteiger partial charge in [0.05, 0.1) is 6.10 Å². The Labute approximate surface area is 174 Å². The molecule has 3 aliphatic rings. The summed E-state index contributed by atoms with van der Waals surface area (Å²) >= 11 is 0. The van der Waals surface area contributed by atoms with Crippen molar-refractivity contribution in [2.24, 2.45) is 23.2 Å². The average Bonchev–Trinajstić information content (AvgIpc) is 3.09. The second kappa shape index (κ2) is 12.0. The van der Waals surface area contributed by atoms with Crippen molar-refractivity contribution < 1.29 is 10.2 Å². The third-order valence-electron chi connectivity index (χ3n) is 7.25. The van der Waals surface area contributed by atoms with Crippen molar-refractivity contribution in [2.75, 3.05) is 6.61 Å². The van der Waals surface area contributed by atoms with Crippen molar-refractivity contribution >= 4 is 0 Å². The van der Waals surface area contributed by atoms with E-state index in [0.29, 0.717) is 29.8 Å². The fraction of sp³-hybridized carbons (Fsp3) is 0.769. The SMILES string of the molecule is C=C1/C(=C\C=C2/CCCC3(C)C2CCC3C(C)CO)CCCC1O.CC.CC. The molecule has 0 amide bonds. The quantitative estimate of drug-likeness (QED) is 0.554. The molecule has 2 heteroatoms. The second-order valence-electron chi connectivity index (χ2n) is 8.62. The molecule has 0 spiro atoms. The van der Waals surface area contributed by atoms with Crippen LogP contribution in [0.25, 0.3) is 0 Å². The van der Waals surface area contributed by atoms with Crippen molar-refractivity contribution in [3.8, 4) is 0 Å². The van der Waals surface area contributed by atoms with E-state index in [9.17, 15) is 10.2 Å². The molecule has 5 unspecified atom stereocenters. The minimum Gasteiger partial charge on any atom is -0.396 e. The van der Waals surface area contributed by atoms with E-state index in [2.05, 4.69) is 32.6 Å². The minimum absolute atomic E-state index is 0.313. The van der Waals surface area contributed by atoms with Gasteiger partial charge in [-0.3, -0.25) is 0 Å². The Hall–Kier alpha value is -0.860. The van der Waals surface area contributed by atoms with Crippen LogP contribution in [0.2, 0.25) is 0 Å². The molecule has 0 aliphatic heterocycles. The summed E-state index contributed by atoms with van der Waals surface area (Å²) in [7, 11) is 0. The largest absolute Gasteiger partial charge is 0.396 e. The lowest BCUT2D eigenvalue weighted by Crippen LogP contribution is -2.36. The van der Waals surface area contributed by atoms with Crippen molar-refractivity contribution in [1.29, 1.82) is 0 Å². The molecule has 2 N–H and O–H groups in total. The molecule has 162 valence electrons. The highest BCUT2D eigenvalue weighted by atomic mass is 16.3. The molecular weight excluding hydrogens is 344 g/mol. The molecule has 3 rings (SSSR count). The lowest BCUT2D eigenvalue weighted by Gasteiger charge is -2.44. The zero-order chi connectivity index (χ0) is 21.3. The van der Waals surface area contributed by atoms with Crippen LogP contribution >= 0.6 is 0 Å². The van der Waals surface area contributed by atoms with Crippen molar-refractivity contribution in [2.45, 2.75) is 99.0 Å². The number of allylic oxidation sites excluding steroid dienone is 3. The molecule has 3 saturated carbocycles. The van der Waals surface area contributed by atoms with Crippen LogP contribution in [-0.2, 0) is 0 Å². The molecule has 3 fully saturated rings. The second-order valence-corrected chi connectivity index (χ2v) is 8.62. The highest BCUT2D eigenvalue weighted by Gasteiger charge is 2.50. The minimum atomic E-state index is -0.346. The van der Waals surface area contributed by atoms with E-state index in [0.717, 1.165) is 24.8 Å². The molecule has 3 aliphatic carbocycles. The first-order valence-electron chi connectivity index (χ1n) is 11.8. The van der Waals surface area contributed by atoms with Crippen LogP contribution in [0, 0.1) is 23.2 Å². The Bertz CT molecular complexity index is 545. The lowest BCUT2D eigenvalue weighted by atomic mass is 9.61. The van der Waals surface area contributed by atoms with Crippen LogP contribution in [0.15, 0.2) is 35.5 Å². The maximum Gasteiger partial charge on any atom is 0.0787 e.